The van der Waals surface area contributed by atoms with E-state index in [4.69, 9.17) is 4.74 Å². The van der Waals surface area contributed by atoms with Crippen molar-refractivity contribution in [2.75, 3.05) is 19.6 Å². The van der Waals surface area contributed by atoms with Gasteiger partial charge in [0, 0.05) is 26.1 Å². The van der Waals surface area contributed by atoms with Crippen LogP contribution in [-0.4, -0.2) is 54.1 Å². The van der Waals surface area contributed by atoms with Crippen molar-refractivity contribution < 1.29 is 19.1 Å². The highest BCUT2D eigenvalue weighted by atomic mass is 16.6. The van der Waals surface area contributed by atoms with Crippen LogP contribution in [0.4, 0.5) is 4.79 Å². The molecule has 2 N–H and O–H groups in total. The van der Waals surface area contributed by atoms with Gasteiger partial charge < -0.3 is 20.3 Å². The van der Waals surface area contributed by atoms with Crippen LogP contribution < -0.4 is 10.6 Å². The third-order valence-corrected chi connectivity index (χ3v) is 3.10. The highest BCUT2D eigenvalue weighted by Gasteiger charge is 2.22. The molecule has 0 bridgehead atoms. The zero-order chi connectivity index (χ0) is 16.0. The molecule has 0 aromatic rings. The fourth-order valence-corrected chi connectivity index (χ4v) is 2.08. The summed E-state index contributed by atoms with van der Waals surface area (Å²) >= 11 is 0. The van der Waals surface area contributed by atoms with E-state index >= 15 is 0 Å². The fourth-order valence-electron chi connectivity index (χ4n) is 2.08. The maximum absolute atomic E-state index is 11.7. The van der Waals surface area contributed by atoms with Crippen LogP contribution in [0.3, 0.4) is 0 Å². The molecule has 0 aromatic carbocycles. The number of hydrogen-bond donors (Lipinski definition) is 2. The summed E-state index contributed by atoms with van der Waals surface area (Å²) in [6, 6.07) is 0.0496. The predicted molar refractivity (Wildman–Crippen MR) is 77.7 cm³/mol. The van der Waals surface area contributed by atoms with Crippen molar-refractivity contribution in [2.24, 2.45) is 0 Å². The van der Waals surface area contributed by atoms with Crippen molar-refractivity contribution in [3.05, 3.63) is 0 Å². The number of nitrogens with one attached hydrogen (secondary N) is 2. The first kappa shape index (κ1) is 17.3. The summed E-state index contributed by atoms with van der Waals surface area (Å²) < 4.78 is 5.04. The van der Waals surface area contributed by atoms with Gasteiger partial charge in [0.1, 0.15) is 12.1 Å². The third kappa shape index (κ3) is 6.97. The zero-order valence-corrected chi connectivity index (χ0v) is 13.2. The summed E-state index contributed by atoms with van der Waals surface area (Å²) in [6.45, 7) is 8.02. The van der Waals surface area contributed by atoms with E-state index in [0.717, 1.165) is 12.8 Å². The van der Waals surface area contributed by atoms with E-state index in [2.05, 4.69) is 10.6 Å². The lowest BCUT2D eigenvalue weighted by molar-refractivity contribution is -0.130. The third-order valence-electron chi connectivity index (χ3n) is 3.10. The summed E-state index contributed by atoms with van der Waals surface area (Å²) in [5.41, 5.74) is -0.583. The number of rotatable bonds is 3. The summed E-state index contributed by atoms with van der Waals surface area (Å²) in [5, 5.41) is 5.27. The van der Waals surface area contributed by atoms with E-state index in [-0.39, 0.29) is 24.4 Å². The van der Waals surface area contributed by atoms with Crippen LogP contribution in [-0.2, 0) is 14.3 Å². The Morgan fingerprint density at radius 3 is 2.24 bits per heavy atom. The molecular formula is C14H25N3O4. The van der Waals surface area contributed by atoms with Crippen molar-refractivity contribution in [3.8, 4) is 0 Å². The number of carbonyl (C=O) groups is 3. The van der Waals surface area contributed by atoms with Gasteiger partial charge in [-0.1, -0.05) is 0 Å². The zero-order valence-electron chi connectivity index (χ0n) is 13.2. The molecule has 7 nitrogen and oxygen atoms in total. The first-order valence-electron chi connectivity index (χ1n) is 7.19. The summed E-state index contributed by atoms with van der Waals surface area (Å²) in [4.78, 5) is 36.1. The molecule has 0 radical (unpaired) electrons. The summed E-state index contributed by atoms with van der Waals surface area (Å²) in [5.74, 6) is -0.187. The fraction of sp³-hybridized carbons (Fsp3) is 0.786. The maximum atomic E-state index is 11.7. The molecule has 21 heavy (non-hydrogen) atoms. The lowest BCUT2D eigenvalue weighted by atomic mass is 10.1. The second-order valence-electron chi connectivity index (χ2n) is 6.20. The van der Waals surface area contributed by atoms with Crippen LogP contribution in [0.15, 0.2) is 0 Å². The highest BCUT2D eigenvalue weighted by Crippen LogP contribution is 2.10. The van der Waals surface area contributed by atoms with Gasteiger partial charge in [-0.3, -0.25) is 9.59 Å². The Morgan fingerprint density at radius 2 is 1.76 bits per heavy atom. The van der Waals surface area contributed by atoms with E-state index in [1.165, 1.54) is 0 Å². The van der Waals surface area contributed by atoms with Crippen molar-refractivity contribution in [1.29, 1.82) is 0 Å². The second kappa shape index (κ2) is 7.28. The Labute approximate surface area is 125 Å². The van der Waals surface area contributed by atoms with Crippen LogP contribution in [0.5, 0.6) is 0 Å². The molecule has 1 aliphatic heterocycles. The van der Waals surface area contributed by atoms with Gasteiger partial charge in [0.05, 0.1) is 0 Å². The van der Waals surface area contributed by atoms with Crippen LogP contribution in [0.2, 0.25) is 0 Å². The molecule has 0 aliphatic carbocycles. The molecular weight excluding hydrogens is 274 g/mol. The molecule has 3 amide bonds. The van der Waals surface area contributed by atoms with E-state index in [0.29, 0.717) is 13.1 Å². The smallest absolute Gasteiger partial charge is 0.408 e. The number of alkyl carbamates (subject to hydrolysis) is 1. The number of likely N-dealkylation sites (tertiary alicyclic amines) is 1. The van der Waals surface area contributed by atoms with Crippen molar-refractivity contribution >= 4 is 17.9 Å². The molecule has 1 fully saturated rings. The minimum Gasteiger partial charge on any atom is -0.444 e. The molecule has 0 aromatic heterocycles. The molecule has 0 unspecified atom stereocenters. The van der Waals surface area contributed by atoms with Crippen molar-refractivity contribution in [3.63, 3.8) is 0 Å². The quantitative estimate of drug-likeness (QED) is 0.800. The molecule has 1 saturated heterocycles. The second-order valence-corrected chi connectivity index (χ2v) is 6.20. The first-order chi connectivity index (χ1) is 9.67. The SMILES string of the molecule is CC(=O)N1CCC(NC(=O)CNC(=O)OC(C)(C)C)CC1. The number of hydrogen-bond acceptors (Lipinski definition) is 4. The van der Waals surface area contributed by atoms with Gasteiger partial charge in [-0.05, 0) is 33.6 Å². The minimum absolute atomic E-state index is 0.0496. The number of amides is 3. The van der Waals surface area contributed by atoms with Crippen molar-refractivity contribution in [2.45, 2.75) is 52.2 Å². The van der Waals surface area contributed by atoms with Gasteiger partial charge in [0.2, 0.25) is 11.8 Å². The number of ether oxygens (including phenoxy) is 1. The van der Waals surface area contributed by atoms with E-state index in [9.17, 15) is 14.4 Å². The Morgan fingerprint density at radius 1 is 1.19 bits per heavy atom. The maximum Gasteiger partial charge on any atom is 0.408 e. The van der Waals surface area contributed by atoms with Gasteiger partial charge >= 0.3 is 6.09 Å². The van der Waals surface area contributed by atoms with Gasteiger partial charge in [0.15, 0.2) is 0 Å². The first-order valence-corrected chi connectivity index (χ1v) is 7.19. The Kier molecular flexibility index (Phi) is 5.99. The molecule has 0 spiro atoms. The largest absolute Gasteiger partial charge is 0.444 e. The van der Waals surface area contributed by atoms with Crippen LogP contribution in [0.25, 0.3) is 0 Å². The lowest BCUT2D eigenvalue weighted by Crippen LogP contribution is -2.48. The Bertz CT molecular complexity index is 396. The number of nitrogens with zero attached hydrogens (tertiary/aromatic N) is 1. The summed E-state index contributed by atoms with van der Waals surface area (Å²) in [7, 11) is 0. The molecule has 0 atom stereocenters. The average Bonchev–Trinajstić information content (AvgIpc) is 2.35. The van der Waals surface area contributed by atoms with Crippen LogP contribution in [0.1, 0.15) is 40.5 Å². The van der Waals surface area contributed by atoms with Gasteiger partial charge in [-0.2, -0.15) is 0 Å². The molecule has 1 heterocycles. The van der Waals surface area contributed by atoms with E-state index in [1.54, 1.807) is 32.6 Å². The van der Waals surface area contributed by atoms with Gasteiger partial charge in [-0.15, -0.1) is 0 Å². The normalized spacial score (nSPS) is 16.3. The highest BCUT2D eigenvalue weighted by molar-refractivity contribution is 5.82. The van der Waals surface area contributed by atoms with Crippen LogP contribution >= 0.6 is 0 Å². The minimum atomic E-state index is -0.607. The number of piperidine rings is 1. The molecule has 1 rings (SSSR count). The number of carbonyl (C=O) groups excluding carboxylic acids is 3. The molecule has 0 saturated carbocycles. The van der Waals surface area contributed by atoms with Gasteiger partial charge in [-0.25, -0.2) is 4.79 Å². The Balaban J connectivity index is 2.23. The predicted octanol–water partition coefficient (Wildman–Crippen LogP) is 0.638. The lowest BCUT2D eigenvalue weighted by Gasteiger charge is -2.31. The van der Waals surface area contributed by atoms with Crippen molar-refractivity contribution in [1.82, 2.24) is 15.5 Å². The monoisotopic (exact) mass is 299 g/mol. The van der Waals surface area contributed by atoms with Gasteiger partial charge in [0.25, 0.3) is 0 Å². The Hall–Kier alpha value is -1.79. The topological polar surface area (TPSA) is 87.7 Å². The average molecular weight is 299 g/mol. The molecule has 120 valence electrons. The van der Waals surface area contributed by atoms with E-state index < -0.39 is 11.7 Å². The summed E-state index contributed by atoms with van der Waals surface area (Å²) in [6.07, 6.45) is 0.860. The van der Waals surface area contributed by atoms with Crippen LogP contribution in [0, 0.1) is 0 Å². The molecule has 1 aliphatic rings. The standard InChI is InChI=1S/C14H25N3O4/c1-10(18)17-7-5-11(6-8-17)16-12(19)9-15-13(20)21-14(2,3)4/h11H,5-9H2,1-4H3,(H,15,20)(H,16,19). The van der Waals surface area contributed by atoms with E-state index in [1.807, 2.05) is 0 Å². The molecule has 7 heteroatoms.